The molecule has 0 unspecified atom stereocenters. The molecular weight excluding hydrogens is 262 g/mol. The molecule has 21 heavy (non-hydrogen) atoms. The van der Waals surface area contributed by atoms with E-state index in [4.69, 9.17) is 4.74 Å². The number of esters is 1. The highest BCUT2D eigenvalue weighted by atomic mass is 16.5. The average Bonchev–Trinajstić information content (AvgIpc) is 2.48. The summed E-state index contributed by atoms with van der Waals surface area (Å²) in [6, 6.07) is 17.7. The molecule has 2 aromatic rings. The molecule has 0 aromatic heterocycles. The first-order chi connectivity index (χ1) is 10.2. The lowest BCUT2D eigenvalue weighted by Gasteiger charge is -2.13. The molecule has 0 radical (unpaired) electrons. The number of hydrogen-bond acceptors (Lipinski definition) is 3. The van der Waals surface area contributed by atoms with Crippen molar-refractivity contribution in [3.05, 3.63) is 71.8 Å². The summed E-state index contributed by atoms with van der Waals surface area (Å²) in [5, 5.41) is 3.29. The monoisotopic (exact) mass is 281 g/mol. The van der Waals surface area contributed by atoms with Crippen LogP contribution in [0.4, 0.5) is 5.69 Å². The molecule has 0 aliphatic carbocycles. The van der Waals surface area contributed by atoms with Crippen molar-refractivity contribution in [2.24, 2.45) is 0 Å². The number of aryl methyl sites for hydroxylation is 1. The number of anilines is 1. The number of carbonyl (C=O) groups is 1. The van der Waals surface area contributed by atoms with Crippen molar-refractivity contribution in [3.63, 3.8) is 0 Å². The molecule has 3 heteroatoms. The third-order valence-electron chi connectivity index (χ3n) is 3.04. The van der Waals surface area contributed by atoms with Gasteiger partial charge in [-0.05, 0) is 31.5 Å². The van der Waals surface area contributed by atoms with Crippen LogP contribution in [0.3, 0.4) is 0 Å². The Morgan fingerprint density at radius 2 is 1.76 bits per heavy atom. The van der Waals surface area contributed by atoms with Crippen LogP contribution in [0.15, 0.2) is 60.7 Å². The molecule has 2 aromatic carbocycles. The van der Waals surface area contributed by atoms with Gasteiger partial charge in [-0.3, -0.25) is 0 Å². The molecule has 0 atom stereocenters. The minimum atomic E-state index is -0.348. The molecule has 0 fully saturated rings. The van der Waals surface area contributed by atoms with E-state index in [1.54, 1.807) is 6.92 Å². The molecule has 0 spiro atoms. The smallest absolute Gasteiger partial charge is 0.332 e. The topological polar surface area (TPSA) is 38.3 Å². The van der Waals surface area contributed by atoms with Gasteiger partial charge in [-0.25, -0.2) is 4.79 Å². The second-order valence-corrected chi connectivity index (χ2v) is 4.62. The van der Waals surface area contributed by atoms with Crippen LogP contribution in [-0.2, 0) is 9.53 Å². The van der Waals surface area contributed by atoms with E-state index in [0.29, 0.717) is 6.61 Å². The predicted molar refractivity (Wildman–Crippen MR) is 85.9 cm³/mol. The van der Waals surface area contributed by atoms with Gasteiger partial charge in [0.2, 0.25) is 0 Å². The lowest BCUT2D eigenvalue weighted by atomic mass is 10.1. The van der Waals surface area contributed by atoms with E-state index in [1.165, 1.54) is 6.08 Å². The number of carbonyl (C=O) groups excluding carboxylic acids is 1. The summed E-state index contributed by atoms with van der Waals surface area (Å²) in [5.74, 6) is -0.348. The Morgan fingerprint density at radius 1 is 1.10 bits per heavy atom. The maximum Gasteiger partial charge on any atom is 0.332 e. The molecule has 0 amide bonds. The normalized spacial score (nSPS) is 11.0. The summed E-state index contributed by atoms with van der Waals surface area (Å²) in [6.07, 6.45) is 1.50. The van der Waals surface area contributed by atoms with Gasteiger partial charge in [-0.1, -0.05) is 42.5 Å². The summed E-state index contributed by atoms with van der Waals surface area (Å²) in [4.78, 5) is 11.8. The SMILES string of the molecule is CCOC(=O)/C=C(\Nc1ccccc1)c1ccccc1C. The third kappa shape index (κ3) is 4.21. The number of para-hydroxylation sites is 1. The highest BCUT2D eigenvalue weighted by Crippen LogP contribution is 2.21. The molecule has 1 N–H and O–H groups in total. The number of hydrogen-bond donors (Lipinski definition) is 1. The summed E-state index contributed by atoms with van der Waals surface area (Å²) in [7, 11) is 0. The molecule has 0 heterocycles. The lowest BCUT2D eigenvalue weighted by molar-refractivity contribution is -0.137. The molecule has 0 saturated heterocycles. The van der Waals surface area contributed by atoms with Gasteiger partial charge in [0, 0.05) is 17.3 Å². The number of rotatable bonds is 5. The zero-order chi connectivity index (χ0) is 15.1. The van der Waals surface area contributed by atoms with Gasteiger partial charge >= 0.3 is 5.97 Å². The van der Waals surface area contributed by atoms with E-state index in [9.17, 15) is 4.79 Å². The molecule has 0 saturated carbocycles. The van der Waals surface area contributed by atoms with Gasteiger partial charge in [0.15, 0.2) is 0 Å². The van der Waals surface area contributed by atoms with Gasteiger partial charge < -0.3 is 10.1 Å². The highest BCUT2D eigenvalue weighted by Gasteiger charge is 2.08. The number of benzene rings is 2. The number of ether oxygens (including phenoxy) is 1. The van der Waals surface area contributed by atoms with Gasteiger partial charge in [-0.15, -0.1) is 0 Å². The van der Waals surface area contributed by atoms with Gasteiger partial charge in [0.1, 0.15) is 0 Å². The summed E-state index contributed by atoms with van der Waals surface area (Å²) in [6.45, 7) is 4.17. The van der Waals surface area contributed by atoms with Crippen molar-refractivity contribution >= 4 is 17.4 Å². The maximum absolute atomic E-state index is 11.8. The first-order valence-electron chi connectivity index (χ1n) is 6.97. The molecule has 0 bridgehead atoms. The first-order valence-corrected chi connectivity index (χ1v) is 6.97. The lowest BCUT2D eigenvalue weighted by Crippen LogP contribution is -2.06. The van der Waals surface area contributed by atoms with Crippen molar-refractivity contribution in [1.29, 1.82) is 0 Å². The van der Waals surface area contributed by atoms with E-state index >= 15 is 0 Å². The molecule has 0 aliphatic heterocycles. The fourth-order valence-electron chi connectivity index (χ4n) is 2.04. The second kappa shape index (κ2) is 7.29. The summed E-state index contributed by atoms with van der Waals surface area (Å²) >= 11 is 0. The average molecular weight is 281 g/mol. The molecule has 0 aliphatic rings. The van der Waals surface area contributed by atoms with Crippen LogP contribution in [0.25, 0.3) is 5.70 Å². The summed E-state index contributed by atoms with van der Waals surface area (Å²) < 4.78 is 5.02. The standard InChI is InChI=1S/C18H19NO2/c1-3-21-18(20)13-17(16-12-8-7-9-14(16)2)19-15-10-5-4-6-11-15/h4-13,19H,3H2,1-2H3/b17-13-. The zero-order valence-corrected chi connectivity index (χ0v) is 12.3. The largest absolute Gasteiger partial charge is 0.463 e. The summed E-state index contributed by atoms with van der Waals surface area (Å²) in [5.41, 5.74) is 3.74. The Bertz CT molecular complexity index is 633. The quantitative estimate of drug-likeness (QED) is 0.664. The van der Waals surface area contributed by atoms with E-state index in [2.05, 4.69) is 5.32 Å². The Balaban J connectivity index is 2.35. The van der Waals surface area contributed by atoms with Gasteiger partial charge in [0.05, 0.1) is 12.3 Å². The second-order valence-electron chi connectivity index (χ2n) is 4.62. The highest BCUT2D eigenvalue weighted by molar-refractivity contribution is 5.94. The van der Waals surface area contributed by atoms with Crippen LogP contribution in [0.1, 0.15) is 18.1 Å². The fourth-order valence-corrected chi connectivity index (χ4v) is 2.04. The fraction of sp³-hybridized carbons (Fsp3) is 0.167. The van der Waals surface area contributed by atoms with Crippen molar-refractivity contribution in [2.45, 2.75) is 13.8 Å². The Labute approximate surface area is 125 Å². The first kappa shape index (κ1) is 14.9. The minimum Gasteiger partial charge on any atom is -0.463 e. The van der Waals surface area contributed by atoms with Crippen LogP contribution in [0.2, 0.25) is 0 Å². The van der Waals surface area contributed by atoms with E-state index < -0.39 is 0 Å². The van der Waals surface area contributed by atoms with Crippen molar-refractivity contribution in [3.8, 4) is 0 Å². The molecular formula is C18H19NO2. The van der Waals surface area contributed by atoms with Crippen molar-refractivity contribution in [2.75, 3.05) is 11.9 Å². The van der Waals surface area contributed by atoms with Crippen molar-refractivity contribution in [1.82, 2.24) is 0 Å². The molecule has 2 rings (SSSR count). The van der Waals surface area contributed by atoms with Crippen LogP contribution in [-0.4, -0.2) is 12.6 Å². The van der Waals surface area contributed by atoms with Crippen LogP contribution >= 0.6 is 0 Å². The van der Waals surface area contributed by atoms with E-state index in [-0.39, 0.29) is 5.97 Å². The van der Waals surface area contributed by atoms with Crippen molar-refractivity contribution < 1.29 is 9.53 Å². The molecule has 108 valence electrons. The van der Waals surface area contributed by atoms with Crippen LogP contribution in [0.5, 0.6) is 0 Å². The van der Waals surface area contributed by atoms with E-state index in [0.717, 1.165) is 22.5 Å². The predicted octanol–water partition coefficient (Wildman–Crippen LogP) is 4.01. The third-order valence-corrected chi connectivity index (χ3v) is 3.04. The Hall–Kier alpha value is -2.55. The van der Waals surface area contributed by atoms with E-state index in [1.807, 2.05) is 61.5 Å². The Kier molecular flexibility index (Phi) is 5.16. The molecule has 3 nitrogen and oxygen atoms in total. The Morgan fingerprint density at radius 3 is 2.43 bits per heavy atom. The minimum absolute atomic E-state index is 0.348. The van der Waals surface area contributed by atoms with Crippen LogP contribution in [0, 0.1) is 6.92 Å². The van der Waals surface area contributed by atoms with Crippen LogP contribution < -0.4 is 5.32 Å². The number of nitrogens with one attached hydrogen (secondary N) is 1. The maximum atomic E-state index is 11.8. The zero-order valence-electron chi connectivity index (χ0n) is 12.3. The van der Waals surface area contributed by atoms with Gasteiger partial charge in [-0.2, -0.15) is 0 Å². The van der Waals surface area contributed by atoms with Gasteiger partial charge in [0.25, 0.3) is 0 Å².